The molecule has 0 bridgehead atoms. The second-order valence-corrected chi connectivity index (χ2v) is 5.82. The maximum Gasteiger partial charge on any atom is 0.248 e. The number of carbonyl (C=O) groups is 1. The van der Waals surface area contributed by atoms with Crippen LogP contribution in [0, 0.1) is 12.7 Å². The van der Waals surface area contributed by atoms with E-state index in [0.29, 0.717) is 29.9 Å². The summed E-state index contributed by atoms with van der Waals surface area (Å²) in [6.07, 6.45) is 0.978. The van der Waals surface area contributed by atoms with Gasteiger partial charge in [-0.05, 0) is 42.6 Å². The van der Waals surface area contributed by atoms with Gasteiger partial charge < -0.3 is 4.52 Å². The van der Waals surface area contributed by atoms with Gasteiger partial charge in [-0.15, -0.1) is 5.10 Å². The van der Waals surface area contributed by atoms with Crippen molar-refractivity contribution in [1.29, 1.82) is 0 Å². The number of amides is 1. The van der Waals surface area contributed by atoms with Crippen LogP contribution in [0.25, 0.3) is 0 Å². The summed E-state index contributed by atoms with van der Waals surface area (Å²) in [4.78, 5) is 16.2. The number of nitrogens with zero attached hydrogens (tertiary/aromatic N) is 3. The first-order chi connectivity index (χ1) is 12.0. The predicted molar refractivity (Wildman–Crippen MR) is 88.8 cm³/mol. The van der Waals surface area contributed by atoms with Crippen LogP contribution in [0.1, 0.15) is 29.1 Å². The fraction of sp³-hybridized carbons (Fsp3) is 0.250. The number of aromatic nitrogens is 4. The van der Waals surface area contributed by atoms with Gasteiger partial charge in [0.2, 0.25) is 17.1 Å². The van der Waals surface area contributed by atoms with Crippen LogP contribution in [0.15, 0.2) is 28.8 Å². The number of hydrogen-bond acceptors (Lipinski definition) is 5. The quantitative estimate of drug-likeness (QED) is 0.701. The number of rotatable bonds is 6. The molecule has 3 rings (SSSR count). The van der Waals surface area contributed by atoms with Gasteiger partial charge in [0, 0.05) is 18.4 Å². The largest absolute Gasteiger partial charge is 0.344 e. The van der Waals surface area contributed by atoms with Crippen molar-refractivity contribution in [3.8, 4) is 0 Å². The number of halogens is 2. The second-order valence-electron chi connectivity index (χ2n) is 5.48. The molecule has 0 aliphatic rings. The lowest BCUT2D eigenvalue weighted by atomic mass is 10.1. The van der Waals surface area contributed by atoms with E-state index >= 15 is 0 Å². The molecule has 0 saturated heterocycles. The number of H-pyrrole nitrogens is 1. The highest BCUT2D eigenvalue weighted by atomic mass is 35.5. The minimum atomic E-state index is -0.312. The van der Waals surface area contributed by atoms with Crippen molar-refractivity contribution < 1.29 is 13.7 Å². The van der Waals surface area contributed by atoms with Crippen molar-refractivity contribution in [3.63, 3.8) is 0 Å². The number of anilines is 1. The van der Waals surface area contributed by atoms with Crippen molar-refractivity contribution >= 4 is 23.5 Å². The Morgan fingerprint density at radius 1 is 1.44 bits per heavy atom. The van der Waals surface area contributed by atoms with E-state index in [-0.39, 0.29) is 29.3 Å². The van der Waals surface area contributed by atoms with Crippen LogP contribution in [0.5, 0.6) is 0 Å². The van der Waals surface area contributed by atoms with Crippen molar-refractivity contribution in [2.24, 2.45) is 0 Å². The van der Waals surface area contributed by atoms with Gasteiger partial charge in [-0.1, -0.05) is 17.3 Å². The first kappa shape index (κ1) is 17.1. The molecule has 0 fully saturated rings. The Morgan fingerprint density at radius 2 is 2.28 bits per heavy atom. The minimum Gasteiger partial charge on any atom is -0.344 e. The molecule has 0 radical (unpaired) electrons. The number of aryl methyl sites for hydroxylation is 1. The summed E-state index contributed by atoms with van der Waals surface area (Å²) in [6.45, 7) is 1.76. The average Bonchev–Trinajstić information content (AvgIpc) is 3.12. The molecule has 0 spiro atoms. The molecule has 0 atom stereocenters. The summed E-state index contributed by atoms with van der Waals surface area (Å²) >= 11 is 5.86. The van der Waals surface area contributed by atoms with E-state index in [9.17, 15) is 9.18 Å². The van der Waals surface area contributed by atoms with Gasteiger partial charge in [0.25, 0.3) is 0 Å². The van der Waals surface area contributed by atoms with Gasteiger partial charge in [0.15, 0.2) is 0 Å². The Labute approximate surface area is 147 Å². The molecule has 130 valence electrons. The summed E-state index contributed by atoms with van der Waals surface area (Å²) in [6, 6.07) is 6.21. The summed E-state index contributed by atoms with van der Waals surface area (Å²) in [7, 11) is 0. The number of nitrogens with one attached hydrogen (secondary N) is 2. The van der Waals surface area contributed by atoms with Gasteiger partial charge in [-0.25, -0.2) is 4.39 Å². The minimum absolute atomic E-state index is 0.171. The molecule has 2 N–H and O–H groups in total. The number of carbonyl (C=O) groups excluding carboxylic acids is 1. The molecule has 0 unspecified atom stereocenters. The van der Waals surface area contributed by atoms with Gasteiger partial charge in [-0.2, -0.15) is 4.98 Å². The zero-order valence-electron chi connectivity index (χ0n) is 13.3. The molecule has 1 aromatic carbocycles. The van der Waals surface area contributed by atoms with E-state index in [2.05, 4.69) is 25.7 Å². The standard InChI is InChI=1S/C16H15ClFN5O2/c1-9-12(15(17)25-23-9)5-6-14(24)20-16-19-13(21-22-16)8-10-3-2-4-11(18)7-10/h2-4,7H,5-6,8H2,1H3,(H2,19,20,21,22,24). The maximum absolute atomic E-state index is 13.2. The number of benzene rings is 1. The Bertz CT molecular complexity index is 873. The van der Waals surface area contributed by atoms with E-state index in [1.165, 1.54) is 12.1 Å². The SMILES string of the molecule is Cc1noc(Cl)c1CCC(=O)Nc1n[nH]c(Cc2cccc(F)c2)n1. The van der Waals surface area contributed by atoms with Gasteiger partial charge >= 0.3 is 0 Å². The Balaban J connectivity index is 1.55. The smallest absolute Gasteiger partial charge is 0.248 e. The zero-order valence-corrected chi connectivity index (χ0v) is 14.1. The van der Waals surface area contributed by atoms with Gasteiger partial charge in [0.1, 0.15) is 11.6 Å². The molecular weight excluding hydrogens is 349 g/mol. The summed E-state index contributed by atoms with van der Waals surface area (Å²) in [5.41, 5.74) is 2.12. The number of aromatic amines is 1. The third-order valence-electron chi connectivity index (χ3n) is 3.58. The average molecular weight is 364 g/mol. The van der Waals surface area contributed by atoms with Crippen LogP contribution in [0.4, 0.5) is 10.3 Å². The monoisotopic (exact) mass is 363 g/mol. The van der Waals surface area contributed by atoms with Crippen molar-refractivity contribution in [2.45, 2.75) is 26.2 Å². The maximum atomic E-state index is 13.2. The predicted octanol–water partition coefficient (Wildman–Crippen LogP) is 3.06. The zero-order chi connectivity index (χ0) is 17.8. The third-order valence-corrected chi connectivity index (χ3v) is 3.88. The summed E-state index contributed by atoms with van der Waals surface area (Å²) in [5, 5.41) is 13.2. The van der Waals surface area contributed by atoms with Crippen molar-refractivity contribution in [3.05, 3.63) is 57.9 Å². The Morgan fingerprint density at radius 3 is 3.00 bits per heavy atom. The van der Waals surface area contributed by atoms with E-state index in [1.54, 1.807) is 19.1 Å². The summed E-state index contributed by atoms with van der Waals surface area (Å²) in [5.74, 6) is 0.129. The molecule has 0 saturated carbocycles. The van der Waals surface area contributed by atoms with Gasteiger partial charge in [0.05, 0.1) is 5.69 Å². The summed E-state index contributed by atoms with van der Waals surface area (Å²) < 4.78 is 18.0. The number of hydrogen-bond donors (Lipinski definition) is 2. The normalized spacial score (nSPS) is 10.8. The fourth-order valence-corrected chi connectivity index (χ4v) is 2.60. The highest BCUT2D eigenvalue weighted by Crippen LogP contribution is 2.20. The molecule has 2 heterocycles. The van der Waals surface area contributed by atoms with Crippen LogP contribution < -0.4 is 5.32 Å². The molecule has 25 heavy (non-hydrogen) atoms. The first-order valence-corrected chi connectivity index (χ1v) is 7.95. The lowest BCUT2D eigenvalue weighted by Crippen LogP contribution is -2.13. The first-order valence-electron chi connectivity index (χ1n) is 7.57. The Hall–Kier alpha value is -2.74. The van der Waals surface area contributed by atoms with Crippen molar-refractivity contribution in [1.82, 2.24) is 20.3 Å². The third kappa shape index (κ3) is 4.42. The van der Waals surface area contributed by atoms with E-state index < -0.39 is 0 Å². The highest BCUT2D eigenvalue weighted by Gasteiger charge is 2.14. The molecule has 1 amide bonds. The molecule has 0 aliphatic carbocycles. The van der Waals surface area contributed by atoms with E-state index in [1.807, 2.05) is 0 Å². The molecular formula is C16H15ClFN5O2. The molecule has 0 aliphatic heterocycles. The van der Waals surface area contributed by atoms with Crippen LogP contribution in [-0.4, -0.2) is 26.2 Å². The molecule has 9 heteroatoms. The van der Waals surface area contributed by atoms with Crippen LogP contribution in [0.3, 0.4) is 0 Å². The molecule has 7 nitrogen and oxygen atoms in total. The van der Waals surface area contributed by atoms with E-state index in [4.69, 9.17) is 16.1 Å². The Kier molecular flexibility index (Phi) is 5.08. The molecule has 2 aromatic heterocycles. The highest BCUT2D eigenvalue weighted by molar-refractivity contribution is 6.29. The van der Waals surface area contributed by atoms with Crippen LogP contribution in [0.2, 0.25) is 5.22 Å². The van der Waals surface area contributed by atoms with Crippen LogP contribution in [-0.2, 0) is 17.6 Å². The van der Waals surface area contributed by atoms with Crippen LogP contribution >= 0.6 is 11.6 Å². The lowest BCUT2D eigenvalue weighted by Gasteiger charge is -2.00. The topological polar surface area (TPSA) is 96.7 Å². The fourth-order valence-electron chi connectivity index (χ4n) is 2.34. The molecule has 3 aromatic rings. The van der Waals surface area contributed by atoms with E-state index in [0.717, 1.165) is 5.56 Å². The second kappa shape index (κ2) is 7.43. The van der Waals surface area contributed by atoms with Crippen molar-refractivity contribution in [2.75, 3.05) is 5.32 Å². The lowest BCUT2D eigenvalue weighted by molar-refractivity contribution is -0.116. The van der Waals surface area contributed by atoms with Gasteiger partial charge in [-0.3, -0.25) is 15.2 Å².